The zero-order valence-electron chi connectivity index (χ0n) is 15.5. The predicted molar refractivity (Wildman–Crippen MR) is 103 cm³/mol. The lowest BCUT2D eigenvalue weighted by Crippen LogP contribution is -2.12. The van der Waals surface area contributed by atoms with Crippen LogP contribution in [-0.4, -0.2) is 25.6 Å². The van der Waals surface area contributed by atoms with Crippen molar-refractivity contribution in [3.63, 3.8) is 0 Å². The highest BCUT2D eigenvalue weighted by atomic mass is 16.5. The number of fused-ring (bicyclic) bond motifs is 1. The number of aryl methyl sites for hydroxylation is 1. The van der Waals surface area contributed by atoms with Crippen molar-refractivity contribution in [2.75, 3.05) is 14.2 Å². The molecule has 4 heteroatoms. The Bertz CT molecular complexity index is 853. The molecule has 1 heterocycles. The Labute approximate surface area is 149 Å². The van der Waals surface area contributed by atoms with Gasteiger partial charge in [0.25, 0.3) is 0 Å². The van der Waals surface area contributed by atoms with Crippen LogP contribution in [0.2, 0.25) is 0 Å². The number of nitrogens with zero attached hydrogens (tertiary/aromatic N) is 2. The smallest absolute Gasteiger partial charge is 0.161 e. The van der Waals surface area contributed by atoms with E-state index in [9.17, 15) is 0 Å². The Morgan fingerprint density at radius 1 is 0.920 bits per heavy atom. The largest absolute Gasteiger partial charge is 0.493 e. The van der Waals surface area contributed by atoms with E-state index < -0.39 is 0 Å². The van der Waals surface area contributed by atoms with Crippen molar-refractivity contribution < 1.29 is 9.47 Å². The molecule has 0 N–H and O–H groups in total. The van der Waals surface area contributed by atoms with Crippen LogP contribution in [0.5, 0.6) is 11.5 Å². The van der Waals surface area contributed by atoms with Crippen molar-refractivity contribution in [2.45, 2.75) is 33.1 Å². The van der Waals surface area contributed by atoms with Gasteiger partial charge in [-0.05, 0) is 50.1 Å². The lowest BCUT2D eigenvalue weighted by Gasteiger charge is -2.18. The molecule has 0 saturated heterocycles. The molecule has 1 unspecified atom stereocenters. The van der Waals surface area contributed by atoms with Crippen LogP contribution in [0.3, 0.4) is 0 Å². The topological polar surface area (TPSA) is 43.2 Å². The first-order chi connectivity index (χ1) is 12.1. The summed E-state index contributed by atoms with van der Waals surface area (Å²) in [5, 5.41) is 9.10. The molecule has 3 rings (SSSR count). The summed E-state index contributed by atoms with van der Waals surface area (Å²) in [6, 6.07) is 12.4. The van der Waals surface area contributed by atoms with Gasteiger partial charge in [-0.2, -0.15) is 5.10 Å². The van der Waals surface area contributed by atoms with Gasteiger partial charge in [-0.1, -0.05) is 24.6 Å². The number of hydrogen-bond donors (Lipinski definition) is 0. The Morgan fingerprint density at radius 3 is 2.36 bits per heavy atom. The molecule has 4 nitrogen and oxygen atoms in total. The fourth-order valence-electron chi connectivity index (χ4n) is 3.37. The first-order valence-corrected chi connectivity index (χ1v) is 8.54. The van der Waals surface area contributed by atoms with Crippen molar-refractivity contribution >= 4 is 11.4 Å². The molecule has 0 fully saturated rings. The Morgan fingerprint density at radius 2 is 1.68 bits per heavy atom. The average molecular weight is 336 g/mol. The molecule has 0 radical (unpaired) electrons. The fraction of sp³-hybridized carbons (Fsp3) is 0.333. The zero-order valence-corrected chi connectivity index (χ0v) is 15.5. The van der Waals surface area contributed by atoms with Gasteiger partial charge in [0.2, 0.25) is 0 Å². The van der Waals surface area contributed by atoms with Crippen LogP contribution in [0, 0.1) is 6.92 Å². The number of rotatable bonds is 4. The highest BCUT2D eigenvalue weighted by Crippen LogP contribution is 2.33. The summed E-state index contributed by atoms with van der Waals surface area (Å²) in [6.45, 7) is 6.35. The summed E-state index contributed by atoms with van der Waals surface area (Å²) in [7, 11) is 3.28. The molecule has 0 amide bonds. The van der Waals surface area contributed by atoms with E-state index in [-0.39, 0.29) is 5.92 Å². The predicted octanol–water partition coefficient (Wildman–Crippen LogP) is 4.73. The van der Waals surface area contributed by atoms with E-state index in [1.165, 1.54) is 11.1 Å². The van der Waals surface area contributed by atoms with Crippen LogP contribution >= 0.6 is 0 Å². The molecule has 0 spiro atoms. The molecule has 0 saturated carbocycles. The molecule has 25 heavy (non-hydrogen) atoms. The third kappa shape index (κ3) is 3.16. The van der Waals surface area contributed by atoms with Gasteiger partial charge in [0, 0.05) is 22.8 Å². The van der Waals surface area contributed by atoms with Gasteiger partial charge >= 0.3 is 0 Å². The normalized spacial score (nSPS) is 16.4. The number of ether oxygens (including phenoxy) is 2. The summed E-state index contributed by atoms with van der Waals surface area (Å²) in [5.41, 5.74) is 6.51. The maximum Gasteiger partial charge on any atom is 0.161 e. The fourth-order valence-corrected chi connectivity index (χ4v) is 3.37. The number of benzene rings is 2. The summed E-state index contributed by atoms with van der Waals surface area (Å²) in [4.78, 5) is 0. The molecular formula is C21H24N2O2. The van der Waals surface area contributed by atoms with Crippen molar-refractivity contribution in [3.05, 3.63) is 58.7 Å². The van der Waals surface area contributed by atoms with Gasteiger partial charge in [-0.3, -0.25) is 0 Å². The summed E-state index contributed by atoms with van der Waals surface area (Å²) in [5.74, 6) is 1.68. The lowest BCUT2D eigenvalue weighted by atomic mass is 9.85. The van der Waals surface area contributed by atoms with Crippen LogP contribution in [0.4, 0.5) is 0 Å². The second-order valence-corrected chi connectivity index (χ2v) is 6.31. The molecule has 0 aliphatic carbocycles. The second kappa shape index (κ2) is 7.09. The van der Waals surface area contributed by atoms with Gasteiger partial charge in [0.15, 0.2) is 11.5 Å². The maximum absolute atomic E-state index is 5.46. The van der Waals surface area contributed by atoms with Gasteiger partial charge in [0.05, 0.1) is 14.2 Å². The quantitative estimate of drug-likeness (QED) is 0.810. The van der Waals surface area contributed by atoms with Gasteiger partial charge in [-0.25, -0.2) is 0 Å². The van der Waals surface area contributed by atoms with Crippen molar-refractivity contribution in [3.8, 4) is 11.5 Å². The zero-order chi connectivity index (χ0) is 18.0. The molecule has 1 atom stereocenters. The minimum Gasteiger partial charge on any atom is -0.493 e. The third-order valence-electron chi connectivity index (χ3n) is 4.72. The maximum atomic E-state index is 5.46. The molecule has 2 aromatic carbocycles. The highest BCUT2D eigenvalue weighted by molar-refractivity contribution is 6.15. The molecule has 0 bridgehead atoms. The van der Waals surface area contributed by atoms with E-state index in [1.807, 2.05) is 18.2 Å². The first kappa shape index (κ1) is 17.2. The van der Waals surface area contributed by atoms with Crippen molar-refractivity contribution in [1.29, 1.82) is 0 Å². The van der Waals surface area contributed by atoms with E-state index in [0.29, 0.717) is 11.5 Å². The van der Waals surface area contributed by atoms with Crippen LogP contribution in [0.15, 0.2) is 46.6 Å². The van der Waals surface area contributed by atoms with Gasteiger partial charge in [-0.15, -0.1) is 5.10 Å². The van der Waals surface area contributed by atoms with Crippen LogP contribution in [0.1, 0.15) is 48.4 Å². The SMILES string of the molecule is CCC1C(C)=NN=C(c2ccc(OC)c(OC)c2)c2cc(C)ccc21. The van der Waals surface area contributed by atoms with Crippen molar-refractivity contribution in [2.24, 2.45) is 10.2 Å². The standard InChI is InChI=1S/C21H24N2O2/c1-6-16-14(3)22-23-21(18-11-13(2)7-9-17(16)18)15-8-10-19(24-4)20(12-15)25-5/h7-12,16H,6H2,1-5H3. The van der Waals surface area contributed by atoms with Crippen molar-refractivity contribution in [1.82, 2.24) is 0 Å². The van der Waals surface area contributed by atoms with E-state index in [1.54, 1.807) is 14.2 Å². The second-order valence-electron chi connectivity index (χ2n) is 6.31. The summed E-state index contributed by atoms with van der Waals surface area (Å²) >= 11 is 0. The molecule has 1 aliphatic heterocycles. The Kier molecular flexibility index (Phi) is 4.88. The van der Waals surface area contributed by atoms with E-state index in [0.717, 1.165) is 29.0 Å². The highest BCUT2D eigenvalue weighted by Gasteiger charge is 2.23. The molecule has 2 aromatic rings. The summed E-state index contributed by atoms with van der Waals surface area (Å²) < 4.78 is 10.8. The third-order valence-corrected chi connectivity index (χ3v) is 4.72. The van der Waals surface area contributed by atoms with E-state index in [4.69, 9.17) is 9.47 Å². The van der Waals surface area contributed by atoms with E-state index >= 15 is 0 Å². The average Bonchev–Trinajstić information content (AvgIpc) is 2.76. The minimum absolute atomic E-state index is 0.289. The van der Waals surface area contributed by atoms with Crippen LogP contribution in [-0.2, 0) is 0 Å². The van der Waals surface area contributed by atoms with Gasteiger partial charge in [0.1, 0.15) is 5.71 Å². The Hall–Kier alpha value is -2.62. The number of hydrogen-bond acceptors (Lipinski definition) is 4. The Balaban J connectivity index is 2.21. The molecule has 130 valence electrons. The molecular weight excluding hydrogens is 312 g/mol. The van der Waals surface area contributed by atoms with Gasteiger partial charge < -0.3 is 9.47 Å². The molecule has 0 aromatic heterocycles. The minimum atomic E-state index is 0.289. The lowest BCUT2D eigenvalue weighted by molar-refractivity contribution is 0.355. The first-order valence-electron chi connectivity index (χ1n) is 8.54. The summed E-state index contributed by atoms with van der Waals surface area (Å²) in [6.07, 6.45) is 1.00. The van der Waals surface area contributed by atoms with Crippen LogP contribution in [0.25, 0.3) is 0 Å². The number of methoxy groups -OCH3 is 2. The molecule has 1 aliphatic rings. The monoisotopic (exact) mass is 336 g/mol. The van der Waals surface area contributed by atoms with Crippen LogP contribution < -0.4 is 9.47 Å². The van der Waals surface area contributed by atoms with E-state index in [2.05, 4.69) is 49.2 Å².